The first-order chi connectivity index (χ1) is 16.0. The van der Waals surface area contributed by atoms with Crippen molar-refractivity contribution in [3.05, 3.63) is 119 Å². The predicted molar refractivity (Wildman–Crippen MR) is 131 cm³/mol. The van der Waals surface area contributed by atoms with Gasteiger partial charge in [0.2, 0.25) is 0 Å². The summed E-state index contributed by atoms with van der Waals surface area (Å²) in [6.45, 7) is 4.49. The van der Waals surface area contributed by atoms with Gasteiger partial charge in [0.15, 0.2) is 0 Å². The fourth-order valence-electron chi connectivity index (χ4n) is 5.14. The second-order valence-corrected chi connectivity index (χ2v) is 9.01. The number of carbonyl (C=O) groups excluding carboxylic acids is 2. The molecule has 33 heavy (non-hydrogen) atoms. The summed E-state index contributed by atoms with van der Waals surface area (Å²) >= 11 is 0. The van der Waals surface area contributed by atoms with Crippen molar-refractivity contribution in [2.45, 2.75) is 19.3 Å². The molecule has 160 valence electrons. The summed E-state index contributed by atoms with van der Waals surface area (Å²) in [6, 6.07) is 31.5. The van der Waals surface area contributed by atoms with Gasteiger partial charge in [-0.2, -0.15) is 0 Å². The van der Waals surface area contributed by atoms with Crippen molar-refractivity contribution < 1.29 is 9.59 Å². The van der Waals surface area contributed by atoms with Crippen LogP contribution in [0.2, 0.25) is 0 Å². The molecule has 0 aromatic heterocycles. The zero-order chi connectivity index (χ0) is 22.7. The van der Waals surface area contributed by atoms with Gasteiger partial charge in [0.25, 0.3) is 11.8 Å². The number of benzene rings is 4. The van der Waals surface area contributed by atoms with Crippen LogP contribution in [0.3, 0.4) is 0 Å². The number of imide groups is 1. The monoisotopic (exact) mass is 430 g/mol. The summed E-state index contributed by atoms with van der Waals surface area (Å²) in [5.41, 5.74) is 6.87. The van der Waals surface area contributed by atoms with Gasteiger partial charge >= 0.3 is 0 Å². The third-order valence-corrected chi connectivity index (χ3v) is 6.78. The van der Waals surface area contributed by atoms with E-state index in [9.17, 15) is 9.59 Å². The van der Waals surface area contributed by atoms with Crippen LogP contribution in [-0.2, 0) is 5.41 Å². The number of nitrogens with zero attached hydrogens (tertiary/aromatic N) is 2. The van der Waals surface area contributed by atoms with E-state index < -0.39 is 0 Å². The molecule has 2 amide bonds. The van der Waals surface area contributed by atoms with E-state index in [0.29, 0.717) is 16.8 Å². The molecule has 6 rings (SSSR count). The van der Waals surface area contributed by atoms with E-state index in [1.165, 1.54) is 16.0 Å². The molecule has 0 bridgehead atoms. The van der Waals surface area contributed by atoms with Gasteiger partial charge in [0.1, 0.15) is 0 Å². The van der Waals surface area contributed by atoms with Gasteiger partial charge in [-0.25, -0.2) is 4.90 Å². The second-order valence-electron chi connectivity index (χ2n) is 9.01. The highest BCUT2D eigenvalue weighted by atomic mass is 16.2. The van der Waals surface area contributed by atoms with Crippen molar-refractivity contribution in [3.8, 4) is 0 Å². The van der Waals surface area contributed by atoms with Crippen molar-refractivity contribution in [1.29, 1.82) is 0 Å². The van der Waals surface area contributed by atoms with Crippen molar-refractivity contribution >= 4 is 34.6 Å². The van der Waals surface area contributed by atoms with Crippen LogP contribution in [0, 0.1) is 0 Å². The Labute approximate surface area is 192 Å². The Kier molecular flexibility index (Phi) is 4.08. The summed E-state index contributed by atoms with van der Waals surface area (Å²) in [6.07, 6.45) is 0. The van der Waals surface area contributed by atoms with Crippen LogP contribution in [0.5, 0.6) is 0 Å². The SMILES string of the molecule is CC1(C)c2ccccc2N(c2cccc(N3C(=O)c4ccccc4C3=O)c2)c2ccccc21. The second kappa shape index (κ2) is 6.91. The molecule has 4 nitrogen and oxygen atoms in total. The number of anilines is 4. The Hall–Kier alpha value is -4.18. The van der Waals surface area contributed by atoms with E-state index in [-0.39, 0.29) is 17.2 Å². The Morgan fingerprint density at radius 1 is 0.545 bits per heavy atom. The van der Waals surface area contributed by atoms with Crippen LogP contribution in [0.25, 0.3) is 0 Å². The largest absolute Gasteiger partial charge is 0.310 e. The lowest BCUT2D eigenvalue weighted by Gasteiger charge is -2.42. The molecule has 0 N–H and O–H groups in total. The predicted octanol–water partition coefficient (Wildman–Crippen LogP) is 6.60. The van der Waals surface area contributed by atoms with E-state index >= 15 is 0 Å². The number of carbonyl (C=O) groups is 2. The Morgan fingerprint density at radius 2 is 1.00 bits per heavy atom. The average molecular weight is 431 g/mol. The van der Waals surface area contributed by atoms with Crippen LogP contribution < -0.4 is 9.80 Å². The normalized spacial score (nSPS) is 15.8. The maximum Gasteiger partial charge on any atom is 0.266 e. The zero-order valence-electron chi connectivity index (χ0n) is 18.4. The summed E-state index contributed by atoms with van der Waals surface area (Å²) < 4.78 is 0. The highest BCUT2D eigenvalue weighted by Crippen LogP contribution is 2.51. The first kappa shape index (κ1) is 19.5. The molecule has 0 aliphatic carbocycles. The highest BCUT2D eigenvalue weighted by molar-refractivity contribution is 6.34. The first-order valence-corrected chi connectivity index (χ1v) is 11.1. The molecular formula is C29H22N2O2. The molecule has 0 unspecified atom stereocenters. The summed E-state index contributed by atoms with van der Waals surface area (Å²) in [7, 11) is 0. The van der Waals surface area contributed by atoms with Crippen molar-refractivity contribution in [2.75, 3.05) is 9.80 Å². The molecule has 0 saturated carbocycles. The molecule has 4 aromatic carbocycles. The minimum Gasteiger partial charge on any atom is -0.310 e. The van der Waals surface area contributed by atoms with Gasteiger partial charge < -0.3 is 4.90 Å². The number of rotatable bonds is 2. The fourth-order valence-corrected chi connectivity index (χ4v) is 5.14. The molecule has 0 radical (unpaired) electrons. The third kappa shape index (κ3) is 2.70. The Morgan fingerprint density at radius 3 is 1.55 bits per heavy atom. The van der Waals surface area contributed by atoms with Gasteiger partial charge in [0, 0.05) is 11.1 Å². The number of fused-ring (bicyclic) bond motifs is 3. The minimum absolute atomic E-state index is 0.149. The number of hydrogen-bond donors (Lipinski definition) is 0. The summed E-state index contributed by atoms with van der Waals surface area (Å²) in [4.78, 5) is 29.6. The van der Waals surface area contributed by atoms with Crippen LogP contribution in [-0.4, -0.2) is 11.8 Å². The molecule has 2 aliphatic rings. The van der Waals surface area contributed by atoms with Crippen LogP contribution >= 0.6 is 0 Å². The van der Waals surface area contributed by atoms with E-state index in [2.05, 4.69) is 55.1 Å². The van der Waals surface area contributed by atoms with Gasteiger partial charge in [0.05, 0.1) is 28.2 Å². The Bertz CT molecular complexity index is 1370. The molecule has 4 heteroatoms. The molecule has 0 atom stereocenters. The first-order valence-electron chi connectivity index (χ1n) is 11.1. The summed E-state index contributed by atoms with van der Waals surface area (Å²) in [5, 5.41) is 0. The molecule has 2 heterocycles. The van der Waals surface area contributed by atoms with E-state index in [1.807, 2.05) is 36.4 Å². The molecule has 4 aromatic rings. The van der Waals surface area contributed by atoms with Crippen molar-refractivity contribution in [1.82, 2.24) is 0 Å². The molecular weight excluding hydrogens is 408 g/mol. The maximum atomic E-state index is 13.1. The van der Waals surface area contributed by atoms with E-state index in [4.69, 9.17) is 0 Å². The standard InChI is InChI=1S/C29H22N2O2/c1-29(2)23-14-5-7-16-25(23)30(26-17-8-6-15-24(26)29)19-10-9-11-20(18-19)31-27(32)21-12-3-4-13-22(21)28(31)33/h3-18H,1-2H3. The van der Waals surface area contributed by atoms with Crippen LogP contribution in [0.4, 0.5) is 22.7 Å². The van der Waals surface area contributed by atoms with Crippen LogP contribution in [0.15, 0.2) is 97.1 Å². The highest BCUT2D eigenvalue weighted by Gasteiger charge is 2.38. The van der Waals surface area contributed by atoms with E-state index in [1.54, 1.807) is 24.3 Å². The summed E-state index contributed by atoms with van der Waals surface area (Å²) in [5.74, 6) is -0.568. The quantitative estimate of drug-likeness (QED) is 0.337. The zero-order valence-corrected chi connectivity index (χ0v) is 18.4. The number of hydrogen-bond acceptors (Lipinski definition) is 3. The van der Waals surface area contributed by atoms with Gasteiger partial charge in [-0.3, -0.25) is 9.59 Å². The van der Waals surface area contributed by atoms with Crippen molar-refractivity contribution in [2.24, 2.45) is 0 Å². The fraction of sp³-hybridized carbons (Fsp3) is 0.103. The van der Waals surface area contributed by atoms with Gasteiger partial charge in [-0.05, 0) is 53.6 Å². The number of amides is 2. The van der Waals surface area contributed by atoms with Crippen molar-refractivity contribution in [3.63, 3.8) is 0 Å². The van der Waals surface area contributed by atoms with E-state index in [0.717, 1.165) is 17.1 Å². The molecule has 0 fully saturated rings. The maximum absolute atomic E-state index is 13.1. The number of para-hydroxylation sites is 2. The van der Waals surface area contributed by atoms with Gasteiger partial charge in [-0.1, -0.05) is 68.4 Å². The smallest absolute Gasteiger partial charge is 0.266 e. The average Bonchev–Trinajstić information content (AvgIpc) is 3.10. The minimum atomic E-state index is -0.284. The lowest BCUT2D eigenvalue weighted by atomic mass is 9.73. The lowest BCUT2D eigenvalue weighted by Crippen LogP contribution is -2.31. The lowest BCUT2D eigenvalue weighted by molar-refractivity contribution is 0.0926. The molecule has 2 aliphatic heterocycles. The Balaban J connectivity index is 1.51. The molecule has 0 saturated heterocycles. The van der Waals surface area contributed by atoms with Gasteiger partial charge in [-0.15, -0.1) is 0 Å². The van der Waals surface area contributed by atoms with Crippen LogP contribution in [0.1, 0.15) is 45.7 Å². The topological polar surface area (TPSA) is 40.6 Å². The molecule has 0 spiro atoms. The third-order valence-electron chi connectivity index (χ3n) is 6.78.